The summed E-state index contributed by atoms with van der Waals surface area (Å²) >= 11 is 2.63. The summed E-state index contributed by atoms with van der Waals surface area (Å²) in [6.45, 7) is 0. The van der Waals surface area contributed by atoms with Gasteiger partial charge in [-0.3, -0.25) is 14.9 Å². The highest BCUT2D eigenvalue weighted by atomic mass is 32.2. The molecule has 0 spiro atoms. The summed E-state index contributed by atoms with van der Waals surface area (Å²) in [6, 6.07) is 11.7. The Morgan fingerprint density at radius 2 is 1.76 bits per heavy atom. The van der Waals surface area contributed by atoms with Gasteiger partial charge in [0.05, 0.1) is 21.5 Å². The summed E-state index contributed by atoms with van der Waals surface area (Å²) in [5.41, 5.74) is 1.14. The second-order valence-electron chi connectivity index (χ2n) is 10.1. The van der Waals surface area contributed by atoms with Crippen LogP contribution in [0.5, 0.6) is 0 Å². The lowest BCUT2D eigenvalue weighted by molar-refractivity contribution is -0.124. The molecule has 0 radical (unpaired) electrons. The zero-order chi connectivity index (χ0) is 23.3. The molecule has 2 amide bonds. The molecule has 4 bridgehead atoms. The number of amides is 2. The van der Waals surface area contributed by atoms with E-state index in [1.165, 1.54) is 54.5 Å². The Balaban J connectivity index is 1.11. The number of carbonyl (C=O) groups is 2. The maximum absolute atomic E-state index is 13.5. The van der Waals surface area contributed by atoms with Crippen LogP contribution < -0.4 is 10.6 Å². The predicted octanol–water partition coefficient (Wildman–Crippen LogP) is 5.86. The number of thioether (sulfide) groups is 1. The minimum Gasteiger partial charge on any atom is -0.350 e. The van der Waals surface area contributed by atoms with Gasteiger partial charge in [0.1, 0.15) is 5.82 Å². The van der Waals surface area contributed by atoms with Crippen molar-refractivity contribution in [2.45, 2.75) is 49.0 Å². The average molecular weight is 496 g/mol. The van der Waals surface area contributed by atoms with E-state index in [9.17, 15) is 14.0 Å². The van der Waals surface area contributed by atoms with E-state index < -0.39 is 0 Å². The number of aromatic nitrogens is 1. The number of carbonyl (C=O) groups excluding carboxylic acids is 2. The maximum Gasteiger partial charge on any atom is 0.258 e. The Labute approximate surface area is 205 Å². The lowest BCUT2D eigenvalue weighted by Crippen LogP contribution is -2.60. The largest absolute Gasteiger partial charge is 0.350 e. The van der Waals surface area contributed by atoms with Gasteiger partial charge in [-0.25, -0.2) is 9.37 Å². The van der Waals surface area contributed by atoms with Crippen molar-refractivity contribution in [3.63, 3.8) is 0 Å². The molecule has 4 aliphatic rings. The number of hydrogen-bond donors (Lipinski definition) is 2. The van der Waals surface area contributed by atoms with E-state index in [2.05, 4.69) is 15.6 Å². The van der Waals surface area contributed by atoms with Gasteiger partial charge < -0.3 is 5.32 Å². The van der Waals surface area contributed by atoms with E-state index >= 15 is 0 Å². The number of hydrogen-bond acceptors (Lipinski definition) is 5. The van der Waals surface area contributed by atoms with Gasteiger partial charge in [0.15, 0.2) is 5.13 Å². The molecule has 2 aromatic carbocycles. The van der Waals surface area contributed by atoms with Crippen LogP contribution >= 0.6 is 23.1 Å². The van der Waals surface area contributed by atoms with Gasteiger partial charge >= 0.3 is 0 Å². The van der Waals surface area contributed by atoms with E-state index in [1.54, 1.807) is 12.1 Å². The molecule has 34 heavy (non-hydrogen) atoms. The zero-order valence-corrected chi connectivity index (χ0v) is 20.3. The molecular formula is C26H26FN3O2S2. The van der Waals surface area contributed by atoms with Crippen molar-refractivity contribution >= 4 is 50.3 Å². The van der Waals surface area contributed by atoms with Gasteiger partial charge in [-0.15, -0.1) is 11.8 Å². The minimum atomic E-state index is -0.331. The first-order chi connectivity index (χ1) is 16.4. The number of fused-ring (bicyclic) bond motifs is 1. The van der Waals surface area contributed by atoms with Crippen molar-refractivity contribution in [3.8, 4) is 0 Å². The number of rotatable bonds is 6. The molecule has 4 saturated carbocycles. The molecule has 0 unspecified atom stereocenters. The van der Waals surface area contributed by atoms with Crippen LogP contribution in [0.3, 0.4) is 0 Å². The fraction of sp³-hybridized carbons (Fsp3) is 0.423. The highest BCUT2D eigenvalue weighted by Crippen LogP contribution is 2.55. The molecule has 0 aliphatic heterocycles. The van der Waals surface area contributed by atoms with Gasteiger partial charge in [-0.2, -0.15) is 0 Å². The van der Waals surface area contributed by atoms with Crippen molar-refractivity contribution in [2.24, 2.45) is 17.8 Å². The summed E-state index contributed by atoms with van der Waals surface area (Å²) in [4.78, 5) is 31.1. The fourth-order valence-corrected chi connectivity index (χ4v) is 8.37. The lowest BCUT2D eigenvalue weighted by atomic mass is 9.53. The molecule has 7 rings (SSSR count). The highest BCUT2D eigenvalue weighted by Gasteiger charge is 2.51. The summed E-state index contributed by atoms with van der Waals surface area (Å²) in [5, 5.41) is 6.66. The van der Waals surface area contributed by atoms with Gasteiger partial charge in [0.25, 0.3) is 5.91 Å². The van der Waals surface area contributed by atoms with Crippen LogP contribution in [0.15, 0.2) is 47.4 Å². The van der Waals surface area contributed by atoms with Crippen molar-refractivity contribution in [1.82, 2.24) is 10.3 Å². The second kappa shape index (κ2) is 8.64. The molecule has 1 aromatic heterocycles. The Hall–Kier alpha value is -2.45. The average Bonchev–Trinajstić information content (AvgIpc) is 3.18. The van der Waals surface area contributed by atoms with Crippen LogP contribution in [-0.4, -0.2) is 28.1 Å². The Bertz CT molecular complexity index is 1240. The number of nitrogens with zero attached hydrogens (tertiary/aromatic N) is 1. The summed E-state index contributed by atoms with van der Waals surface area (Å²) in [6.07, 6.45) is 7.41. The molecule has 1 heterocycles. The lowest BCUT2D eigenvalue weighted by Gasteiger charge is -2.56. The van der Waals surface area contributed by atoms with Crippen LogP contribution in [0.1, 0.15) is 48.9 Å². The maximum atomic E-state index is 13.5. The number of halogens is 1. The number of benzene rings is 2. The first kappa shape index (κ1) is 22.0. The van der Waals surface area contributed by atoms with Crippen LogP contribution in [0, 0.1) is 23.6 Å². The number of anilines is 1. The summed E-state index contributed by atoms with van der Waals surface area (Å²) in [7, 11) is 0. The number of nitrogens with one attached hydrogen (secondary N) is 2. The topological polar surface area (TPSA) is 71.1 Å². The van der Waals surface area contributed by atoms with E-state index in [0.29, 0.717) is 20.9 Å². The first-order valence-electron chi connectivity index (χ1n) is 11.8. The smallest absolute Gasteiger partial charge is 0.258 e. The molecule has 4 fully saturated rings. The van der Waals surface area contributed by atoms with E-state index in [-0.39, 0.29) is 28.9 Å². The van der Waals surface area contributed by atoms with E-state index in [4.69, 9.17) is 0 Å². The third-order valence-corrected chi connectivity index (χ3v) is 9.51. The summed E-state index contributed by atoms with van der Waals surface area (Å²) < 4.78 is 14.2. The first-order valence-corrected chi connectivity index (χ1v) is 13.7. The molecule has 4 aliphatic carbocycles. The van der Waals surface area contributed by atoms with E-state index in [0.717, 1.165) is 41.9 Å². The molecular weight excluding hydrogens is 469 g/mol. The molecule has 8 heteroatoms. The Morgan fingerprint density at radius 1 is 1.06 bits per heavy atom. The highest BCUT2D eigenvalue weighted by molar-refractivity contribution is 8.00. The van der Waals surface area contributed by atoms with Gasteiger partial charge in [0.2, 0.25) is 5.91 Å². The Kier molecular flexibility index (Phi) is 5.60. The van der Waals surface area contributed by atoms with E-state index in [1.807, 2.05) is 18.2 Å². The van der Waals surface area contributed by atoms with Gasteiger partial charge in [-0.05, 0) is 86.6 Å². The third-order valence-electron chi connectivity index (χ3n) is 7.50. The zero-order valence-electron chi connectivity index (χ0n) is 18.7. The van der Waals surface area contributed by atoms with Crippen molar-refractivity contribution in [3.05, 3.63) is 53.8 Å². The quantitative estimate of drug-likeness (QED) is 0.420. The molecule has 3 aromatic rings. The van der Waals surface area contributed by atoms with Crippen LogP contribution in [-0.2, 0) is 4.79 Å². The normalized spacial score (nSPS) is 27.1. The SMILES string of the molecule is O=C(CSc1ccccc1C(=O)Nc1nc2ccc(F)cc2s1)NC12CC3CC(CC(C3)C1)C2. The monoisotopic (exact) mass is 495 g/mol. The minimum absolute atomic E-state index is 0.00436. The van der Waals surface area contributed by atoms with Crippen molar-refractivity contribution in [1.29, 1.82) is 0 Å². The predicted molar refractivity (Wildman–Crippen MR) is 134 cm³/mol. The fourth-order valence-electron chi connectivity index (χ4n) is 6.64. The van der Waals surface area contributed by atoms with Crippen LogP contribution in [0.4, 0.5) is 9.52 Å². The van der Waals surface area contributed by atoms with Crippen molar-refractivity contribution < 1.29 is 14.0 Å². The van der Waals surface area contributed by atoms with Crippen molar-refractivity contribution in [2.75, 3.05) is 11.1 Å². The third kappa shape index (κ3) is 4.33. The molecule has 0 atom stereocenters. The molecule has 2 N–H and O–H groups in total. The standard InChI is InChI=1S/C26H26FN3O2S2/c27-18-5-6-20-22(10-18)34-25(28-20)29-24(32)19-3-1-2-4-21(19)33-14-23(31)30-26-11-15-7-16(12-26)9-17(8-15)13-26/h1-6,10,15-17H,7-9,11-14H2,(H,30,31)(H,28,29,32). The summed E-state index contributed by atoms with van der Waals surface area (Å²) in [5.74, 6) is 2.06. The number of thiazole rings is 1. The Morgan fingerprint density at radius 3 is 2.50 bits per heavy atom. The van der Waals surface area contributed by atoms with Crippen LogP contribution in [0.2, 0.25) is 0 Å². The van der Waals surface area contributed by atoms with Gasteiger partial charge in [-0.1, -0.05) is 23.5 Å². The van der Waals surface area contributed by atoms with Gasteiger partial charge in [0, 0.05) is 10.4 Å². The molecule has 176 valence electrons. The molecule has 5 nitrogen and oxygen atoms in total. The van der Waals surface area contributed by atoms with Crippen LogP contribution in [0.25, 0.3) is 10.2 Å². The second-order valence-corrected chi connectivity index (χ2v) is 12.2. The molecule has 0 saturated heterocycles.